The SMILES string of the molecule is CC(C)OC[C@@H](O)CN(Cc1ccc(F)cc1)Cc1ccco1. The van der Waals surface area contributed by atoms with Crippen molar-refractivity contribution < 1.29 is 18.7 Å². The van der Waals surface area contributed by atoms with Crippen LogP contribution in [0.1, 0.15) is 25.2 Å². The molecule has 0 aliphatic heterocycles. The summed E-state index contributed by atoms with van der Waals surface area (Å²) in [5.74, 6) is 0.570. The van der Waals surface area contributed by atoms with Crippen LogP contribution in [0.4, 0.5) is 4.39 Å². The Bertz CT molecular complexity index is 554. The van der Waals surface area contributed by atoms with Gasteiger partial charge in [-0.05, 0) is 43.7 Å². The molecule has 4 nitrogen and oxygen atoms in total. The summed E-state index contributed by atoms with van der Waals surface area (Å²) in [7, 11) is 0. The number of rotatable bonds is 9. The van der Waals surface area contributed by atoms with Gasteiger partial charge < -0.3 is 14.3 Å². The highest BCUT2D eigenvalue weighted by molar-refractivity contribution is 5.16. The molecule has 0 bridgehead atoms. The van der Waals surface area contributed by atoms with Crippen molar-refractivity contribution in [3.8, 4) is 0 Å². The summed E-state index contributed by atoms with van der Waals surface area (Å²) in [4.78, 5) is 2.06. The van der Waals surface area contributed by atoms with Crippen LogP contribution in [-0.4, -0.2) is 35.4 Å². The molecule has 0 saturated heterocycles. The van der Waals surface area contributed by atoms with Crippen LogP contribution in [0.15, 0.2) is 47.1 Å². The first-order chi connectivity index (χ1) is 11.0. The highest BCUT2D eigenvalue weighted by atomic mass is 19.1. The number of nitrogens with zero attached hydrogens (tertiary/aromatic N) is 1. The Kier molecular flexibility index (Phi) is 6.77. The second-order valence-electron chi connectivity index (χ2n) is 5.91. The lowest BCUT2D eigenvalue weighted by Gasteiger charge is -2.24. The molecule has 2 rings (SSSR count). The van der Waals surface area contributed by atoms with Crippen molar-refractivity contribution in [3.05, 3.63) is 59.8 Å². The van der Waals surface area contributed by atoms with Crippen LogP contribution in [0.5, 0.6) is 0 Å². The fraction of sp³-hybridized carbons (Fsp3) is 0.444. The maximum atomic E-state index is 13.0. The van der Waals surface area contributed by atoms with E-state index in [2.05, 4.69) is 4.90 Å². The minimum absolute atomic E-state index is 0.0836. The van der Waals surface area contributed by atoms with E-state index in [1.54, 1.807) is 18.4 Å². The van der Waals surface area contributed by atoms with Gasteiger partial charge in [0, 0.05) is 13.1 Å². The topological polar surface area (TPSA) is 45.8 Å². The predicted octanol–water partition coefficient (Wildman–Crippen LogP) is 3.21. The molecule has 126 valence electrons. The smallest absolute Gasteiger partial charge is 0.123 e. The van der Waals surface area contributed by atoms with Gasteiger partial charge in [-0.2, -0.15) is 0 Å². The first kappa shape index (κ1) is 17.7. The molecule has 1 aromatic carbocycles. The molecule has 0 spiro atoms. The fourth-order valence-electron chi connectivity index (χ4n) is 2.31. The average Bonchev–Trinajstić information content (AvgIpc) is 3.00. The number of ether oxygens (including phenoxy) is 1. The molecule has 0 radical (unpaired) electrons. The van der Waals surface area contributed by atoms with Gasteiger partial charge in [-0.3, -0.25) is 4.90 Å². The van der Waals surface area contributed by atoms with Crippen molar-refractivity contribution in [2.75, 3.05) is 13.2 Å². The van der Waals surface area contributed by atoms with Gasteiger partial charge in [0.25, 0.3) is 0 Å². The van der Waals surface area contributed by atoms with Crippen LogP contribution in [0.25, 0.3) is 0 Å². The molecule has 0 saturated carbocycles. The minimum atomic E-state index is -0.590. The van der Waals surface area contributed by atoms with Crippen LogP contribution in [0.2, 0.25) is 0 Å². The molecular formula is C18H24FNO3. The third kappa shape index (κ3) is 6.52. The normalized spacial score (nSPS) is 13.0. The van der Waals surface area contributed by atoms with Gasteiger partial charge in [0.1, 0.15) is 11.6 Å². The van der Waals surface area contributed by atoms with Gasteiger partial charge in [0.2, 0.25) is 0 Å². The van der Waals surface area contributed by atoms with Crippen molar-refractivity contribution in [1.29, 1.82) is 0 Å². The Labute approximate surface area is 136 Å². The Morgan fingerprint density at radius 3 is 2.52 bits per heavy atom. The summed E-state index contributed by atoms with van der Waals surface area (Å²) >= 11 is 0. The standard InChI is InChI=1S/C18H24FNO3/c1-14(2)23-13-17(21)11-20(12-18-4-3-9-22-18)10-15-5-7-16(19)8-6-15/h3-9,14,17,21H,10-13H2,1-2H3/t17-/m0/s1. The zero-order valence-electron chi connectivity index (χ0n) is 13.6. The zero-order chi connectivity index (χ0) is 16.7. The van der Waals surface area contributed by atoms with E-state index in [0.29, 0.717) is 19.6 Å². The summed E-state index contributed by atoms with van der Waals surface area (Å²) in [5, 5.41) is 10.2. The monoisotopic (exact) mass is 321 g/mol. The van der Waals surface area contributed by atoms with E-state index in [9.17, 15) is 9.50 Å². The lowest BCUT2D eigenvalue weighted by Crippen LogP contribution is -2.34. The number of hydrogen-bond donors (Lipinski definition) is 1. The number of aliphatic hydroxyl groups excluding tert-OH is 1. The Hall–Kier alpha value is -1.69. The molecule has 0 aliphatic carbocycles. The Balaban J connectivity index is 1.97. The quantitative estimate of drug-likeness (QED) is 0.770. The van der Waals surface area contributed by atoms with Crippen LogP contribution < -0.4 is 0 Å². The third-order valence-electron chi connectivity index (χ3n) is 3.37. The molecule has 1 N–H and O–H groups in total. The molecule has 0 unspecified atom stereocenters. The second-order valence-corrected chi connectivity index (χ2v) is 5.91. The maximum Gasteiger partial charge on any atom is 0.123 e. The summed E-state index contributed by atoms with van der Waals surface area (Å²) in [6.07, 6.45) is 1.12. The van der Waals surface area contributed by atoms with Crippen molar-refractivity contribution >= 4 is 0 Å². The molecule has 1 aromatic heterocycles. The van der Waals surface area contributed by atoms with Crippen LogP contribution in [0, 0.1) is 5.82 Å². The molecule has 2 aromatic rings. The molecule has 5 heteroatoms. The van der Waals surface area contributed by atoms with E-state index in [0.717, 1.165) is 11.3 Å². The van der Waals surface area contributed by atoms with E-state index >= 15 is 0 Å². The second kappa shape index (κ2) is 8.82. The van der Waals surface area contributed by atoms with Gasteiger partial charge in [-0.25, -0.2) is 4.39 Å². The summed E-state index contributed by atoms with van der Waals surface area (Å²) in [5.41, 5.74) is 0.981. The van der Waals surface area contributed by atoms with Crippen molar-refractivity contribution in [3.63, 3.8) is 0 Å². The molecular weight excluding hydrogens is 297 g/mol. The molecule has 1 atom stereocenters. The number of halogens is 1. The van der Waals surface area contributed by atoms with Crippen LogP contribution in [-0.2, 0) is 17.8 Å². The highest BCUT2D eigenvalue weighted by Crippen LogP contribution is 2.12. The van der Waals surface area contributed by atoms with E-state index in [1.807, 2.05) is 26.0 Å². The largest absolute Gasteiger partial charge is 0.468 e. The minimum Gasteiger partial charge on any atom is -0.468 e. The van der Waals surface area contributed by atoms with E-state index in [4.69, 9.17) is 9.15 Å². The third-order valence-corrected chi connectivity index (χ3v) is 3.37. The Morgan fingerprint density at radius 1 is 1.17 bits per heavy atom. The van der Waals surface area contributed by atoms with E-state index in [1.165, 1.54) is 12.1 Å². The fourth-order valence-corrected chi connectivity index (χ4v) is 2.31. The molecule has 23 heavy (non-hydrogen) atoms. The van der Waals surface area contributed by atoms with Crippen molar-refractivity contribution in [1.82, 2.24) is 4.90 Å². The van der Waals surface area contributed by atoms with Gasteiger partial charge in [0.05, 0.1) is 31.6 Å². The molecule has 0 amide bonds. The average molecular weight is 321 g/mol. The van der Waals surface area contributed by atoms with Gasteiger partial charge in [-0.1, -0.05) is 12.1 Å². The summed E-state index contributed by atoms with van der Waals surface area (Å²) in [6.45, 7) is 5.78. The zero-order valence-corrected chi connectivity index (χ0v) is 13.6. The highest BCUT2D eigenvalue weighted by Gasteiger charge is 2.15. The number of hydrogen-bond acceptors (Lipinski definition) is 4. The Morgan fingerprint density at radius 2 is 1.91 bits per heavy atom. The van der Waals surface area contributed by atoms with Gasteiger partial charge in [0.15, 0.2) is 0 Å². The lowest BCUT2D eigenvalue weighted by molar-refractivity contribution is -0.0114. The summed E-state index contributed by atoms with van der Waals surface area (Å²) < 4.78 is 23.9. The summed E-state index contributed by atoms with van der Waals surface area (Å²) in [6, 6.07) is 10.1. The number of benzene rings is 1. The van der Waals surface area contributed by atoms with Crippen LogP contribution in [0.3, 0.4) is 0 Å². The van der Waals surface area contributed by atoms with Crippen LogP contribution >= 0.6 is 0 Å². The van der Waals surface area contributed by atoms with Crippen molar-refractivity contribution in [2.24, 2.45) is 0 Å². The van der Waals surface area contributed by atoms with E-state index in [-0.39, 0.29) is 18.5 Å². The number of aliphatic hydroxyl groups is 1. The first-order valence-electron chi connectivity index (χ1n) is 7.82. The lowest BCUT2D eigenvalue weighted by atomic mass is 10.2. The maximum absolute atomic E-state index is 13.0. The molecule has 1 heterocycles. The molecule has 0 aliphatic rings. The predicted molar refractivity (Wildman–Crippen MR) is 86.3 cm³/mol. The van der Waals surface area contributed by atoms with Gasteiger partial charge >= 0.3 is 0 Å². The first-order valence-corrected chi connectivity index (χ1v) is 7.82. The van der Waals surface area contributed by atoms with Gasteiger partial charge in [-0.15, -0.1) is 0 Å². The molecule has 0 fully saturated rings. The van der Waals surface area contributed by atoms with Crippen molar-refractivity contribution in [2.45, 2.75) is 39.1 Å². The van der Waals surface area contributed by atoms with E-state index < -0.39 is 6.10 Å². The number of furan rings is 1.